The molecule has 0 aromatic carbocycles. The minimum absolute atomic E-state index is 0.109. The first-order chi connectivity index (χ1) is 7.27. The molecule has 1 nitrogen and oxygen atoms in total. The molecule has 0 N–H and O–H groups in total. The van der Waals surface area contributed by atoms with Crippen molar-refractivity contribution >= 4 is 15.9 Å². The molecule has 0 unspecified atom stereocenters. The van der Waals surface area contributed by atoms with Crippen LogP contribution in [0.15, 0.2) is 6.07 Å². The standard InChI is InChI=1S/C8H4BrF6N/c9-2-3-1-4(6(10)11)5(7(12)16-3)8(13,14)15/h1,6H,2H2. The highest BCUT2D eigenvalue weighted by Gasteiger charge is 2.40. The van der Waals surface area contributed by atoms with Crippen molar-refractivity contribution < 1.29 is 26.3 Å². The average molecular weight is 308 g/mol. The first-order valence-electron chi connectivity index (χ1n) is 3.88. The van der Waals surface area contributed by atoms with Gasteiger partial charge in [-0.1, -0.05) is 15.9 Å². The zero-order chi connectivity index (χ0) is 12.5. The molecule has 0 radical (unpaired) electrons. The van der Waals surface area contributed by atoms with E-state index in [1.54, 1.807) is 0 Å². The maximum Gasteiger partial charge on any atom is 0.421 e. The zero-order valence-corrected chi connectivity index (χ0v) is 9.04. The maximum atomic E-state index is 13.0. The summed E-state index contributed by atoms with van der Waals surface area (Å²) < 4.78 is 74.5. The molecule has 0 aliphatic heterocycles. The fourth-order valence-electron chi connectivity index (χ4n) is 1.11. The lowest BCUT2D eigenvalue weighted by molar-refractivity contribution is -0.142. The summed E-state index contributed by atoms with van der Waals surface area (Å²) in [6.07, 6.45) is -8.60. The van der Waals surface area contributed by atoms with Crippen molar-refractivity contribution in [3.63, 3.8) is 0 Å². The van der Waals surface area contributed by atoms with E-state index in [0.29, 0.717) is 6.07 Å². The predicted molar refractivity (Wildman–Crippen MR) is 46.8 cm³/mol. The van der Waals surface area contributed by atoms with Gasteiger partial charge in [0.15, 0.2) is 0 Å². The predicted octanol–water partition coefficient (Wildman–Crippen LogP) is 4.07. The Kier molecular flexibility index (Phi) is 3.82. The first-order valence-corrected chi connectivity index (χ1v) is 5.00. The minimum Gasteiger partial charge on any atom is -0.223 e. The number of nitrogens with zero attached hydrogens (tertiary/aromatic N) is 1. The minimum atomic E-state index is -5.19. The molecule has 0 aliphatic rings. The first kappa shape index (κ1) is 13.3. The van der Waals surface area contributed by atoms with Crippen LogP contribution in [0.2, 0.25) is 0 Å². The molecule has 8 heteroatoms. The van der Waals surface area contributed by atoms with Gasteiger partial charge in [-0.05, 0) is 6.07 Å². The van der Waals surface area contributed by atoms with Crippen molar-refractivity contribution in [1.29, 1.82) is 0 Å². The number of rotatable bonds is 2. The second kappa shape index (κ2) is 4.60. The molecule has 0 bridgehead atoms. The van der Waals surface area contributed by atoms with Crippen LogP contribution in [0, 0.1) is 5.95 Å². The quantitative estimate of drug-likeness (QED) is 0.456. The lowest BCUT2D eigenvalue weighted by Gasteiger charge is -2.13. The van der Waals surface area contributed by atoms with Gasteiger partial charge in [0, 0.05) is 10.9 Å². The third kappa shape index (κ3) is 2.66. The van der Waals surface area contributed by atoms with Crippen LogP contribution in [0.5, 0.6) is 0 Å². The van der Waals surface area contributed by atoms with Crippen LogP contribution in [-0.4, -0.2) is 4.98 Å². The fraction of sp³-hybridized carbons (Fsp3) is 0.375. The van der Waals surface area contributed by atoms with Gasteiger partial charge in [0.2, 0.25) is 5.95 Å². The van der Waals surface area contributed by atoms with Crippen LogP contribution < -0.4 is 0 Å². The second-order valence-electron chi connectivity index (χ2n) is 2.80. The molecule has 1 aromatic rings. The van der Waals surface area contributed by atoms with E-state index in [1.807, 2.05) is 0 Å². The molecule has 1 heterocycles. The van der Waals surface area contributed by atoms with E-state index >= 15 is 0 Å². The maximum absolute atomic E-state index is 13.0. The highest BCUT2D eigenvalue weighted by molar-refractivity contribution is 9.08. The number of pyridine rings is 1. The fourth-order valence-corrected chi connectivity index (χ4v) is 1.39. The molecular formula is C8H4BrF6N. The highest BCUT2D eigenvalue weighted by atomic mass is 79.9. The van der Waals surface area contributed by atoms with Crippen LogP contribution >= 0.6 is 15.9 Å². The van der Waals surface area contributed by atoms with Crippen LogP contribution in [-0.2, 0) is 11.5 Å². The molecule has 0 aliphatic carbocycles. The molecule has 1 aromatic heterocycles. The van der Waals surface area contributed by atoms with Crippen LogP contribution in [0.1, 0.15) is 23.2 Å². The molecule has 90 valence electrons. The van der Waals surface area contributed by atoms with E-state index in [0.717, 1.165) is 0 Å². The van der Waals surface area contributed by atoms with E-state index in [1.165, 1.54) is 0 Å². The summed E-state index contributed by atoms with van der Waals surface area (Å²) in [7, 11) is 0. The van der Waals surface area contributed by atoms with Crippen LogP contribution in [0.4, 0.5) is 26.3 Å². The largest absolute Gasteiger partial charge is 0.421 e. The Morgan fingerprint density at radius 3 is 2.25 bits per heavy atom. The lowest BCUT2D eigenvalue weighted by atomic mass is 10.1. The SMILES string of the molecule is Fc1nc(CBr)cc(C(F)F)c1C(F)(F)F. The van der Waals surface area contributed by atoms with Gasteiger partial charge in [0.1, 0.15) is 5.56 Å². The number of halogens is 7. The summed E-state index contributed by atoms with van der Waals surface area (Å²) in [5.74, 6) is -1.93. The molecule has 0 fully saturated rings. The van der Waals surface area contributed by atoms with Crippen molar-refractivity contribution in [2.45, 2.75) is 17.9 Å². The van der Waals surface area contributed by atoms with Gasteiger partial charge in [-0.3, -0.25) is 0 Å². The smallest absolute Gasteiger partial charge is 0.223 e. The topological polar surface area (TPSA) is 12.9 Å². The molecule has 0 atom stereocenters. The van der Waals surface area contributed by atoms with Crippen molar-refractivity contribution in [1.82, 2.24) is 4.98 Å². The molecule has 0 amide bonds. The molecule has 0 spiro atoms. The van der Waals surface area contributed by atoms with E-state index in [2.05, 4.69) is 20.9 Å². The molecule has 16 heavy (non-hydrogen) atoms. The van der Waals surface area contributed by atoms with Gasteiger partial charge < -0.3 is 0 Å². The highest BCUT2D eigenvalue weighted by Crippen LogP contribution is 2.37. The summed E-state index contributed by atoms with van der Waals surface area (Å²) in [6, 6.07) is 0.533. The number of hydrogen-bond acceptors (Lipinski definition) is 1. The monoisotopic (exact) mass is 307 g/mol. The Hall–Kier alpha value is -0.790. The van der Waals surface area contributed by atoms with Crippen molar-refractivity contribution in [3.05, 3.63) is 28.8 Å². The Morgan fingerprint density at radius 2 is 1.88 bits per heavy atom. The van der Waals surface area contributed by atoms with Gasteiger partial charge in [-0.15, -0.1) is 0 Å². The van der Waals surface area contributed by atoms with Gasteiger partial charge in [0.05, 0.1) is 5.69 Å². The summed E-state index contributed by atoms with van der Waals surface area (Å²) in [5.41, 5.74) is -3.62. The van der Waals surface area contributed by atoms with Crippen molar-refractivity contribution in [2.75, 3.05) is 0 Å². The van der Waals surface area contributed by atoms with E-state index in [4.69, 9.17) is 0 Å². The van der Waals surface area contributed by atoms with Crippen molar-refractivity contribution in [3.8, 4) is 0 Å². The summed E-state index contributed by atoms with van der Waals surface area (Å²) in [5, 5.41) is -0.109. The van der Waals surface area contributed by atoms with Gasteiger partial charge in [-0.2, -0.15) is 17.6 Å². The van der Waals surface area contributed by atoms with Crippen LogP contribution in [0.25, 0.3) is 0 Å². The van der Waals surface area contributed by atoms with Gasteiger partial charge in [-0.25, -0.2) is 13.8 Å². The Balaban J connectivity index is 3.46. The van der Waals surface area contributed by atoms with Crippen molar-refractivity contribution in [2.24, 2.45) is 0 Å². The van der Waals surface area contributed by atoms with E-state index in [-0.39, 0.29) is 11.0 Å². The Bertz CT molecular complexity index is 389. The molecule has 0 saturated heterocycles. The normalized spacial score (nSPS) is 12.2. The number of aromatic nitrogens is 1. The zero-order valence-electron chi connectivity index (χ0n) is 7.45. The Morgan fingerprint density at radius 1 is 1.31 bits per heavy atom. The van der Waals surface area contributed by atoms with Crippen LogP contribution in [0.3, 0.4) is 0 Å². The second-order valence-corrected chi connectivity index (χ2v) is 3.36. The van der Waals surface area contributed by atoms with Gasteiger partial charge in [0.25, 0.3) is 6.43 Å². The summed E-state index contributed by atoms with van der Waals surface area (Å²) >= 11 is 2.79. The number of hydrogen-bond donors (Lipinski definition) is 0. The molecular weight excluding hydrogens is 304 g/mol. The molecule has 1 rings (SSSR count). The Labute approximate surface area is 94.6 Å². The van der Waals surface area contributed by atoms with Gasteiger partial charge >= 0.3 is 6.18 Å². The lowest BCUT2D eigenvalue weighted by Crippen LogP contribution is -2.15. The summed E-state index contributed by atoms with van der Waals surface area (Å²) in [6.45, 7) is 0. The van der Waals surface area contributed by atoms with E-state index < -0.39 is 29.7 Å². The molecule has 0 saturated carbocycles. The van der Waals surface area contributed by atoms with E-state index in [9.17, 15) is 26.3 Å². The number of alkyl halides is 6. The third-order valence-electron chi connectivity index (χ3n) is 1.71. The summed E-state index contributed by atoms with van der Waals surface area (Å²) in [4.78, 5) is 2.93. The average Bonchev–Trinajstić information content (AvgIpc) is 2.14. The third-order valence-corrected chi connectivity index (χ3v) is 2.29.